The number of carbonyl (C=O) groups is 1. The van der Waals surface area contributed by atoms with Crippen LogP contribution in [-0.2, 0) is 4.79 Å². The van der Waals surface area contributed by atoms with Gasteiger partial charge in [0.15, 0.2) is 0 Å². The second kappa shape index (κ2) is 7.46. The van der Waals surface area contributed by atoms with Crippen LogP contribution in [0.5, 0.6) is 0 Å². The van der Waals surface area contributed by atoms with Crippen molar-refractivity contribution in [2.45, 2.75) is 0 Å². The molecule has 0 unspecified atom stereocenters. The van der Waals surface area contributed by atoms with Gasteiger partial charge in [-0.1, -0.05) is 40.9 Å². The molecule has 0 saturated heterocycles. The number of nitro benzene ring substituents is 1. The smallest absolute Gasteiger partial charge is 0.271 e. The molecule has 0 atom stereocenters. The molecule has 1 N–H and O–H groups in total. The lowest BCUT2D eigenvalue weighted by atomic mass is 10.2. The fourth-order valence-electron chi connectivity index (χ4n) is 1.68. The van der Waals surface area contributed by atoms with Gasteiger partial charge in [-0.2, -0.15) is 0 Å². The predicted octanol–water partition coefficient (Wildman–Crippen LogP) is 5.21. The zero-order chi connectivity index (χ0) is 17.0. The molecule has 0 heterocycles. The molecular formula is C15H9Cl3N2O3. The van der Waals surface area contributed by atoms with Crippen LogP contribution in [0.25, 0.3) is 6.08 Å². The molecule has 0 aromatic heterocycles. The van der Waals surface area contributed by atoms with E-state index < -0.39 is 10.8 Å². The van der Waals surface area contributed by atoms with Crippen molar-refractivity contribution in [2.24, 2.45) is 0 Å². The summed E-state index contributed by atoms with van der Waals surface area (Å²) in [5, 5.41) is 14.2. The van der Waals surface area contributed by atoms with E-state index in [0.717, 1.165) is 0 Å². The summed E-state index contributed by atoms with van der Waals surface area (Å²) in [7, 11) is 0. The second-order valence-electron chi connectivity index (χ2n) is 4.42. The first kappa shape index (κ1) is 17.3. The van der Waals surface area contributed by atoms with Gasteiger partial charge in [-0.05, 0) is 29.8 Å². The summed E-state index contributed by atoms with van der Waals surface area (Å²) in [5.74, 6) is -0.488. The molecular weight excluding hydrogens is 363 g/mol. The molecule has 118 valence electrons. The van der Waals surface area contributed by atoms with Gasteiger partial charge in [0.2, 0.25) is 5.91 Å². The average molecular weight is 372 g/mol. The fourth-order valence-corrected chi connectivity index (χ4v) is 2.16. The number of hydrogen-bond acceptors (Lipinski definition) is 3. The molecule has 2 rings (SSSR count). The van der Waals surface area contributed by atoms with Crippen LogP contribution in [0.2, 0.25) is 15.1 Å². The van der Waals surface area contributed by atoms with Gasteiger partial charge < -0.3 is 5.32 Å². The van der Waals surface area contributed by atoms with E-state index in [1.54, 1.807) is 18.2 Å². The fraction of sp³-hybridized carbons (Fsp3) is 0. The van der Waals surface area contributed by atoms with E-state index in [-0.39, 0.29) is 16.4 Å². The van der Waals surface area contributed by atoms with Gasteiger partial charge in [0.05, 0.1) is 25.7 Å². The zero-order valence-corrected chi connectivity index (χ0v) is 13.7. The van der Waals surface area contributed by atoms with E-state index >= 15 is 0 Å². The molecule has 1 amide bonds. The molecule has 0 aliphatic rings. The van der Waals surface area contributed by atoms with Crippen molar-refractivity contribution in [2.75, 3.05) is 5.32 Å². The SMILES string of the molecule is O=C(/C=C/c1ccc(Cl)c(Cl)c1)Nc1cc([N+](=O)[O-])ccc1Cl. The number of carbonyl (C=O) groups excluding carboxylic acids is 1. The molecule has 2 aromatic carbocycles. The number of hydrogen-bond donors (Lipinski definition) is 1. The highest BCUT2D eigenvalue weighted by atomic mass is 35.5. The van der Waals surface area contributed by atoms with E-state index in [4.69, 9.17) is 34.8 Å². The van der Waals surface area contributed by atoms with Crippen molar-refractivity contribution in [3.8, 4) is 0 Å². The molecule has 0 aliphatic carbocycles. The first-order chi connectivity index (χ1) is 10.9. The summed E-state index contributed by atoms with van der Waals surface area (Å²) in [4.78, 5) is 22.0. The molecule has 0 aliphatic heterocycles. The minimum atomic E-state index is -0.572. The maximum Gasteiger partial charge on any atom is 0.271 e. The maximum absolute atomic E-state index is 11.9. The third kappa shape index (κ3) is 4.69. The zero-order valence-electron chi connectivity index (χ0n) is 11.4. The first-order valence-corrected chi connectivity index (χ1v) is 7.38. The summed E-state index contributed by atoms with van der Waals surface area (Å²) >= 11 is 17.6. The van der Waals surface area contributed by atoms with Gasteiger partial charge in [0.1, 0.15) is 0 Å². The normalized spacial score (nSPS) is 10.7. The highest BCUT2D eigenvalue weighted by Gasteiger charge is 2.11. The van der Waals surface area contributed by atoms with Crippen LogP contribution in [0, 0.1) is 10.1 Å². The Kier molecular flexibility index (Phi) is 5.60. The van der Waals surface area contributed by atoms with Gasteiger partial charge in [-0.15, -0.1) is 0 Å². The number of nitro groups is 1. The molecule has 0 saturated carbocycles. The number of nitrogens with zero attached hydrogens (tertiary/aromatic N) is 1. The number of amides is 1. The number of non-ortho nitro benzene ring substituents is 1. The van der Waals surface area contributed by atoms with E-state index in [9.17, 15) is 14.9 Å². The monoisotopic (exact) mass is 370 g/mol. The van der Waals surface area contributed by atoms with Gasteiger partial charge in [-0.25, -0.2) is 0 Å². The lowest BCUT2D eigenvalue weighted by Gasteiger charge is -2.04. The Hall–Kier alpha value is -2.08. The van der Waals surface area contributed by atoms with Crippen molar-refractivity contribution in [1.82, 2.24) is 0 Å². The Bertz CT molecular complexity index is 807. The largest absolute Gasteiger partial charge is 0.321 e. The molecule has 2 aromatic rings. The van der Waals surface area contributed by atoms with E-state index in [1.165, 1.54) is 30.4 Å². The van der Waals surface area contributed by atoms with Gasteiger partial charge in [-0.3, -0.25) is 14.9 Å². The van der Waals surface area contributed by atoms with Crippen LogP contribution in [0.1, 0.15) is 5.56 Å². The minimum Gasteiger partial charge on any atom is -0.321 e. The summed E-state index contributed by atoms with van der Waals surface area (Å²) < 4.78 is 0. The summed E-state index contributed by atoms with van der Waals surface area (Å²) in [6.07, 6.45) is 2.79. The van der Waals surface area contributed by atoms with Crippen molar-refractivity contribution in [1.29, 1.82) is 0 Å². The molecule has 0 radical (unpaired) electrons. The number of benzene rings is 2. The third-order valence-corrected chi connectivity index (χ3v) is 3.86. The van der Waals surface area contributed by atoms with Crippen LogP contribution in [0.15, 0.2) is 42.5 Å². The Balaban J connectivity index is 2.13. The Morgan fingerprint density at radius 1 is 1.04 bits per heavy atom. The highest BCUT2D eigenvalue weighted by molar-refractivity contribution is 6.42. The lowest BCUT2D eigenvalue weighted by molar-refractivity contribution is -0.384. The number of rotatable bonds is 4. The standard InChI is InChI=1S/C15H9Cl3N2O3/c16-11-4-1-9(7-13(11)18)2-6-15(21)19-14-8-10(20(22)23)3-5-12(14)17/h1-8H,(H,19,21)/b6-2+. The van der Waals surface area contributed by atoms with Crippen LogP contribution in [-0.4, -0.2) is 10.8 Å². The Morgan fingerprint density at radius 3 is 2.39 bits per heavy atom. The Labute approximate surface area is 146 Å². The molecule has 5 nitrogen and oxygen atoms in total. The molecule has 0 fully saturated rings. The minimum absolute atomic E-state index is 0.157. The summed E-state index contributed by atoms with van der Waals surface area (Å²) in [5.41, 5.74) is 0.669. The van der Waals surface area contributed by atoms with Gasteiger partial charge in [0.25, 0.3) is 5.69 Å². The van der Waals surface area contributed by atoms with Crippen molar-refractivity contribution in [3.05, 3.63) is 73.2 Å². The lowest BCUT2D eigenvalue weighted by Crippen LogP contribution is -2.08. The average Bonchev–Trinajstić information content (AvgIpc) is 2.50. The van der Waals surface area contributed by atoms with E-state index in [2.05, 4.69) is 5.32 Å². The molecule has 0 spiro atoms. The summed E-state index contributed by atoms with van der Waals surface area (Å²) in [6.45, 7) is 0. The molecule has 0 bridgehead atoms. The van der Waals surface area contributed by atoms with Crippen molar-refractivity contribution in [3.63, 3.8) is 0 Å². The number of halogens is 3. The Morgan fingerprint density at radius 2 is 1.74 bits per heavy atom. The predicted molar refractivity (Wildman–Crippen MR) is 92.2 cm³/mol. The highest BCUT2D eigenvalue weighted by Crippen LogP contribution is 2.27. The van der Waals surface area contributed by atoms with Crippen LogP contribution in [0.3, 0.4) is 0 Å². The third-order valence-electron chi connectivity index (χ3n) is 2.79. The van der Waals surface area contributed by atoms with Crippen molar-refractivity contribution >= 4 is 58.2 Å². The molecule has 23 heavy (non-hydrogen) atoms. The number of anilines is 1. The van der Waals surface area contributed by atoms with E-state index in [0.29, 0.717) is 15.6 Å². The topological polar surface area (TPSA) is 72.2 Å². The number of nitrogens with one attached hydrogen (secondary N) is 1. The van der Waals surface area contributed by atoms with E-state index in [1.807, 2.05) is 0 Å². The quantitative estimate of drug-likeness (QED) is 0.456. The molecule has 8 heteroatoms. The van der Waals surface area contributed by atoms with Crippen LogP contribution < -0.4 is 5.32 Å². The second-order valence-corrected chi connectivity index (χ2v) is 5.64. The summed E-state index contributed by atoms with van der Waals surface area (Å²) in [6, 6.07) is 8.69. The van der Waals surface area contributed by atoms with Gasteiger partial charge >= 0.3 is 0 Å². The van der Waals surface area contributed by atoms with Crippen LogP contribution in [0.4, 0.5) is 11.4 Å². The maximum atomic E-state index is 11.9. The van der Waals surface area contributed by atoms with Crippen molar-refractivity contribution < 1.29 is 9.72 Å². The van der Waals surface area contributed by atoms with Gasteiger partial charge in [0, 0.05) is 18.2 Å². The van der Waals surface area contributed by atoms with Crippen LogP contribution >= 0.6 is 34.8 Å². The first-order valence-electron chi connectivity index (χ1n) is 6.25.